The maximum absolute atomic E-state index is 14.1. The zero-order valence-electron chi connectivity index (χ0n) is 26.7. The number of halogens is 3. The van der Waals surface area contributed by atoms with Crippen LogP contribution in [0.25, 0.3) is 0 Å². The number of anilines is 1. The van der Waals surface area contributed by atoms with Crippen LogP contribution in [-0.2, 0) is 19.1 Å². The second-order valence-corrected chi connectivity index (χ2v) is 13.1. The fourth-order valence-corrected chi connectivity index (χ4v) is 6.66. The van der Waals surface area contributed by atoms with Gasteiger partial charge in [-0.2, -0.15) is 13.2 Å². The van der Waals surface area contributed by atoms with Crippen LogP contribution in [0.15, 0.2) is 94.8 Å². The Morgan fingerprint density at radius 1 is 1.15 bits per heavy atom. The minimum atomic E-state index is -4.57. The highest BCUT2D eigenvalue weighted by Gasteiger charge is 2.48. The lowest BCUT2D eigenvalue weighted by atomic mass is 9.94. The third-order valence-electron chi connectivity index (χ3n) is 9.61. The van der Waals surface area contributed by atoms with E-state index < -0.39 is 17.6 Å². The molecule has 46 heavy (non-hydrogen) atoms. The second kappa shape index (κ2) is 13.1. The van der Waals surface area contributed by atoms with E-state index >= 15 is 0 Å². The number of carbonyl (C=O) groups excluding carboxylic acids is 1. The van der Waals surface area contributed by atoms with E-state index in [1.165, 1.54) is 40.8 Å². The first-order valence-electron chi connectivity index (χ1n) is 16.1. The average Bonchev–Trinajstić information content (AvgIpc) is 3.92. The molecule has 3 aliphatic carbocycles. The summed E-state index contributed by atoms with van der Waals surface area (Å²) in [5, 5.41) is 2.70. The highest BCUT2D eigenvalue weighted by atomic mass is 19.4. The van der Waals surface area contributed by atoms with Gasteiger partial charge in [0.15, 0.2) is 0 Å². The van der Waals surface area contributed by atoms with Gasteiger partial charge >= 0.3 is 6.18 Å². The SMILES string of the molecule is C/C=C(\C=C1\C=CC=C(C2=C(C3CC3C)C2N)C1)Cc1ccnc(NC(=O)c2ccc(CN3CCN(C)CC3)c(C(F)(F)F)c2)c1. The van der Waals surface area contributed by atoms with Crippen molar-refractivity contribution in [3.05, 3.63) is 117 Å². The number of nitrogens with two attached hydrogens (primary N) is 1. The first kappa shape index (κ1) is 32.2. The van der Waals surface area contributed by atoms with Crippen molar-refractivity contribution in [1.82, 2.24) is 14.8 Å². The fourth-order valence-electron chi connectivity index (χ4n) is 6.66. The molecule has 3 N–H and O–H groups in total. The number of aromatic nitrogens is 1. The minimum Gasteiger partial charge on any atom is -0.321 e. The number of amides is 1. The van der Waals surface area contributed by atoms with Crippen molar-refractivity contribution < 1.29 is 18.0 Å². The lowest BCUT2D eigenvalue weighted by Crippen LogP contribution is -2.44. The largest absolute Gasteiger partial charge is 0.416 e. The monoisotopic (exact) mass is 629 g/mol. The molecule has 1 amide bonds. The molecule has 1 aromatic heterocycles. The maximum atomic E-state index is 14.1. The Hall–Kier alpha value is -3.79. The van der Waals surface area contributed by atoms with Gasteiger partial charge < -0.3 is 16.0 Å². The molecule has 1 aliphatic heterocycles. The van der Waals surface area contributed by atoms with Crippen LogP contribution in [0, 0.1) is 11.8 Å². The van der Waals surface area contributed by atoms with Gasteiger partial charge in [0.05, 0.1) is 11.6 Å². The molecule has 4 aliphatic rings. The summed E-state index contributed by atoms with van der Waals surface area (Å²) in [6, 6.07) is 7.60. The van der Waals surface area contributed by atoms with Gasteiger partial charge in [-0.3, -0.25) is 9.69 Å². The summed E-state index contributed by atoms with van der Waals surface area (Å²) < 4.78 is 42.2. The van der Waals surface area contributed by atoms with Gasteiger partial charge in [-0.25, -0.2) is 4.98 Å². The van der Waals surface area contributed by atoms with Crippen molar-refractivity contribution in [1.29, 1.82) is 0 Å². The predicted octanol–water partition coefficient (Wildman–Crippen LogP) is 6.70. The molecule has 2 aromatic rings. The Balaban J connectivity index is 1.10. The van der Waals surface area contributed by atoms with Crippen molar-refractivity contribution in [3.8, 4) is 0 Å². The van der Waals surface area contributed by atoms with E-state index in [4.69, 9.17) is 5.73 Å². The summed E-state index contributed by atoms with van der Waals surface area (Å²) in [5.41, 5.74) is 13.1. The van der Waals surface area contributed by atoms with Crippen molar-refractivity contribution in [2.24, 2.45) is 17.6 Å². The molecule has 2 fully saturated rings. The lowest BCUT2D eigenvalue weighted by Gasteiger charge is -2.33. The zero-order valence-corrected chi connectivity index (χ0v) is 26.7. The molecule has 3 unspecified atom stereocenters. The number of carbonyl (C=O) groups is 1. The topological polar surface area (TPSA) is 74.5 Å². The van der Waals surface area contributed by atoms with Crippen LogP contribution in [0.4, 0.5) is 19.0 Å². The zero-order chi connectivity index (χ0) is 32.6. The Labute approximate surface area is 269 Å². The van der Waals surface area contributed by atoms with E-state index in [2.05, 4.69) is 52.5 Å². The standard InChI is InChI=1S/C37H42F3N5O/c1-4-24(17-25-6-5-7-27(19-25)33-34(35(33)41)30-16-23(30)2)18-26-10-11-42-32(20-26)43-36(46)28-8-9-29(31(21-28)37(38,39)40)22-45-14-12-44(3)13-15-45/h4-11,17,20-21,23,30,35H,12-16,18-19,22,41H2,1-3H3,(H,42,43,46)/b24-4+,25-17-. The molecule has 0 radical (unpaired) electrons. The van der Waals surface area contributed by atoms with Gasteiger partial charge in [0.1, 0.15) is 5.82 Å². The minimum absolute atomic E-state index is 0.0572. The van der Waals surface area contributed by atoms with Gasteiger partial charge in [0, 0.05) is 44.5 Å². The van der Waals surface area contributed by atoms with Gasteiger partial charge in [-0.05, 0) is 108 Å². The van der Waals surface area contributed by atoms with Crippen LogP contribution < -0.4 is 11.1 Å². The lowest BCUT2D eigenvalue weighted by molar-refractivity contribution is -0.138. The van der Waals surface area contributed by atoms with Gasteiger partial charge in [0.25, 0.3) is 5.91 Å². The quantitative estimate of drug-likeness (QED) is 0.323. The third-order valence-corrected chi connectivity index (χ3v) is 9.61. The molecule has 9 heteroatoms. The molecule has 1 saturated heterocycles. The summed E-state index contributed by atoms with van der Waals surface area (Å²) >= 11 is 0. The van der Waals surface area contributed by atoms with Crippen molar-refractivity contribution in [2.75, 3.05) is 38.5 Å². The second-order valence-electron chi connectivity index (χ2n) is 13.1. The highest BCUT2D eigenvalue weighted by Crippen LogP contribution is 2.55. The van der Waals surface area contributed by atoms with Crippen molar-refractivity contribution in [2.45, 2.75) is 51.9 Å². The van der Waals surface area contributed by atoms with Crippen LogP contribution in [0.3, 0.4) is 0 Å². The van der Waals surface area contributed by atoms with E-state index in [1.54, 1.807) is 12.3 Å². The summed E-state index contributed by atoms with van der Waals surface area (Å²) in [5.74, 6) is 1.07. The molecular weight excluding hydrogens is 587 g/mol. The number of piperazine rings is 1. The molecule has 6 nitrogen and oxygen atoms in total. The molecule has 3 atom stereocenters. The summed E-state index contributed by atoms with van der Waals surface area (Å²) in [7, 11) is 2.00. The van der Waals surface area contributed by atoms with Crippen molar-refractivity contribution >= 4 is 11.7 Å². The van der Waals surface area contributed by atoms with E-state index in [9.17, 15) is 18.0 Å². The van der Waals surface area contributed by atoms with Crippen LogP contribution in [0.2, 0.25) is 0 Å². The number of rotatable bonds is 9. The fraction of sp³-hybridized carbons (Fsp3) is 0.405. The van der Waals surface area contributed by atoms with Gasteiger partial charge in [-0.15, -0.1) is 0 Å². The number of likely N-dealkylation sites (N-methyl/N-ethyl adjacent to an activating group) is 1. The molecule has 2 heterocycles. The Morgan fingerprint density at radius 2 is 1.91 bits per heavy atom. The maximum Gasteiger partial charge on any atom is 0.416 e. The molecule has 242 valence electrons. The molecule has 1 saturated carbocycles. The average molecular weight is 630 g/mol. The Bertz CT molecular complexity index is 1660. The van der Waals surface area contributed by atoms with Crippen molar-refractivity contribution in [3.63, 3.8) is 0 Å². The number of allylic oxidation sites excluding steroid dienone is 7. The number of hydrogen-bond donors (Lipinski definition) is 2. The number of benzene rings is 1. The van der Waals surface area contributed by atoms with E-state index in [1.807, 2.05) is 24.9 Å². The molecule has 1 aromatic carbocycles. The Kier molecular flexibility index (Phi) is 9.19. The van der Waals surface area contributed by atoms with E-state index in [0.717, 1.165) is 42.6 Å². The Morgan fingerprint density at radius 3 is 2.61 bits per heavy atom. The number of pyridine rings is 1. The molecular formula is C37H42F3N5O. The predicted molar refractivity (Wildman–Crippen MR) is 176 cm³/mol. The van der Waals surface area contributed by atoms with E-state index in [-0.39, 0.29) is 23.7 Å². The summed E-state index contributed by atoms with van der Waals surface area (Å²) in [4.78, 5) is 21.5. The number of nitrogens with zero attached hydrogens (tertiary/aromatic N) is 3. The smallest absolute Gasteiger partial charge is 0.321 e. The van der Waals surface area contributed by atoms with Crippen LogP contribution in [-0.4, -0.2) is 60.0 Å². The van der Waals surface area contributed by atoms with E-state index in [0.29, 0.717) is 31.2 Å². The molecule has 0 bridgehead atoms. The highest BCUT2D eigenvalue weighted by molar-refractivity contribution is 6.04. The first-order chi connectivity index (χ1) is 22.0. The summed E-state index contributed by atoms with van der Waals surface area (Å²) in [6.45, 7) is 7.49. The van der Waals surface area contributed by atoms with Crippen LogP contribution in [0.5, 0.6) is 0 Å². The van der Waals surface area contributed by atoms with Crippen LogP contribution >= 0.6 is 0 Å². The molecule has 6 rings (SSSR count). The number of alkyl halides is 3. The van der Waals surface area contributed by atoms with Gasteiger partial charge in [0.2, 0.25) is 0 Å². The number of nitrogens with one attached hydrogen (secondary N) is 1. The first-order valence-corrected chi connectivity index (χ1v) is 16.1. The molecule has 0 spiro atoms. The van der Waals surface area contributed by atoms with Crippen LogP contribution in [0.1, 0.15) is 53.7 Å². The van der Waals surface area contributed by atoms with Gasteiger partial charge in [-0.1, -0.05) is 43.4 Å². The third kappa shape index (κ3) is 7.43. The number of hydrogen-bond acceptors (Lipinski definition) is 5. The normalized spacial score (nSPS) is 24.8. The summed E-state index contributed by atoms with van der Waals surface area (Å²) in [6.07, 6.45) is 10.4.